The summed E-state index contributed by atoms with van der Waals surface area (Å²) in [6.45, 7) is 2.14. The summed E-state index contributed by atoms with van der Waals surface area (Å²) in [5, 5.41) is 4.21. The minimum atomic E-state index is 0.0427. The number of carbonyl (C=O) groups is 2. The van der Waals surface area contributed by atoms with Gasteiger partial charge in [0.15, 0.2) is 0 Å². The minimum Gasteiger partial charge on any atom is -0.361 e. The summed E-state index contributed by atoms with van der Waals surface area (Å²) in [5.74, 6) is 0.135. The van der Waals surface area contributed by atoms with Crippen LogP contribution >= 0.6 is 0 Å². The van der Waals surface area contributed by atoms with Gasteiger partial charge < -0.3 is 15.2 Å². The van der Waals surface area contributed by atoms with Crippen LogP contribution in [0.1, 0.15) is 47.2 Å². The standard InChI is InChI=1S/C24H27N3O2/c28-23(12-6-9-20-17-25-22-11-2-1-10-21(20)22)26-16-18-7-5-8-19(15-18)24(29)27-13-3-4-14-27/h1-2,5,7-8,10-11,15,17,25H,3-4,6,9,12-14,16H2,(H,26,28). The van der Waals surface area contributed by atoms with Crippen LogP contribution in [0.25, 0.3) is 10.9 Å². The number of H-pyrrole nitrogens is 1. The molecule has 1 aliphatic heterocycles. The molecule has 0 spiro atoms. The first-order chi connectivity index (χ1) is 14.2. The number of nitrogens with zero attached hydrogens (tertiary/aromatic N) is 1. The number of carbonyl (C=O) groups excluding carboxylic acids is 2. The minimum absolute atomic E-state index is 0.0427. The molecule has 0 radical (unpaired) electrons. The molecule has 5 heteroatoms. The molecule has 2 aromatic carbocycles. The van der Waals surface area contributed by atoms with Crippen molar-refractivity contribution in [2.75, 3.05) is 13.1 Å². The fraction of sp³-hybridized carbons (Fsp3) is 0.333. The number of aromatic nitrogens is 1. The monoisotopic (exact) mass is 389 g/mol. The lowest BCUT2D eigenvalue weighted by atomic mass is 10.1. The number of hydrogen-bond donors (Lipinski definition) is 2. The number of hydrogen-bond acceptors (Lipinski definition) is 2. The Morgan fingerprint density at radius 1 is 1.03 bits per heavy atom. The molecule has 0 atom stereocenters. The normalized spacial score (nSPS) is 13.7. The molecule has 2 amide bonds. The summed E-state index contributed by atoms with van der Waals surface area (Å²) in [6, 6.07) is 15.8. The number of fused-ring (bicyclic) bond motifs is 1. The van der Waals surface area contributed by atoms with Crippen LogP contribution < -0.4 is 5.32 Å². The first-order valence-electron chi connectivity index (χ1n) is 10.4. The van der Waals surface area contributed by atoms with Crippen LogP contribution in [0.2, 0.25) is 0 Å². The van der Waals surface area contributed by atoms with Crippen LogP contribution in [0, 0.1) is 0 Å². The maximum absolute atomic E-state index is 12.5. The Morgan fingerprint density at radius 3 is 2.72 bits per heavy atom. The quantitative estimate of drug-likeness (QED) is 0.640. The topological polar surface area (TPSA) is 65.2 Å². The Labute approximate surface area is 171 Å². The van der Waals surface area contributed by atoms with Gasteiger partial charge in [-0.1, -0.05) is 30.3 Å². The van der Waals surface area contributed by atoms with Crippen molar-refractivity contribution in [3.05, 3.63) is 71.4 Å². The molecule has 3 aromatic rings. The lowest BCUT2D eigenvalue weighted by Crippen LogP contribution is -2.28. The van der Waals surface area contributed by atoms with Crippen molar-refractivity contribution in [3.8, 4) is 0 Å². The molecule has 1 fully saturated rings. The Bertz CT molecular complexity index is 1000. The van der Waals surface area contributed by atoms with E-state index < -0.39 is 0 Å². The van der Waals surface area contributed by atoms with Crippen molar-refractivity contribution >= 4 is 22.7 Å². The maximum atomic E-state index is 12.5. The Balaban J connectivity index is 1.25. The number of nitrogens with one attached hydrogen (secondary N) is 2. The average Bonchev–Trinajstić information content (AvgIpc) is 3.43. The lowest BCUT2D eigenvalue weighted by Gasteiger charge is -2.15. The highest BCUT2D eigenvalue weighted by atomic mass is 16.2. The molecule has 5 nitrogen and oxygen atoms in total. The molecule has 1 aliphatic rings. The molecule has 1 aromatic heterocycles. The molecule has 2 N–H and O–H groups in total. The third-order valence-electron chi connectivity index (χ3n) is 5.58. The van der Waals surface area contributed by atoms with E-state index in [9.17, 15) is 9.59 Å². The van der Waals surface area contributed by atoms with E-state index in [1.54, 1.807) is 0 Å². The van der Waals surface area contributed by atoms with Crippen LogP contribution in [0.4, 0.5) is 0 Å². The summed E-state index contributed by atoms with van der Waals surface area (Å²) in [7, 11) is 0. The third kappa shape index (κ3) is 4.67. The highest BCUT2D eigenvalue weighted by molar-refractivity contribution is 5.94. The summed E-state index contributed by atoms with van der Waals surface area (Å²) >= 11 is 0. The van der Waals surface area contributed by atoms with E-state index in [0.717, 1.165) is 49.9 Å². The van der Waals surface area contributed by atoms with Gasteiger partial charge in [0, 0.05) is 48.7 Å². The van der Waals surface area contributed by atoms with Crippen LogP contribution in [0.15, 0.2) is 54.7 Å². The highest BCUT2D eigenvalue weighted by Gasteiger charge is 2.19. The Hall–Kier alpha value is -3.08. The van der Waals surface area contributed by atoms with Gasteiger partial charge >= 0.3 is 0 Å². The van der Waals surface area contributed by atoms with Crippen LogP contribution in [-0.2, 0) is 17.8 Å². The van der Waals surface area contributed by atoms with Gasteiger partial charge in [0.05, 0.1) is 0 Å². The molecule has 0 saturated carbocycles. The molecular formula is C24H27N3O2. The van der Waals surface area contributed by atoms with Crippen molar-refractivity contribution in [2.24, 2.45) is 0 Å². The fourth-order valence-electron chi connectivity index (χ4n) is 3.98. The van der Waals surface area contributed by atoms with E-state index in [1.165, 1.54) is 10.9 Å². The van der Waals surface area contributed by atoms with Crippen LogP contribution in [0.3, 0.4) is 0 Å². The molecule has 150 valence electrons. The molecular weight excluding hydrogens is 362 g/mol. The SMILES string of the molecule is O=C(CCCc1c[nH]c2ccccc12)NCc1cccc(C(=O)N2CCCC2)c1. The number of amides is 2. The average molecular weight is 389 g/mol. The van der Waals surface area contributed by atoms with Gasteiger partial charge in [0.25, 0.3) is 5.91 Å². The molecule has 2 heterocycles. The summed E-state index contributed by atoms with van der Waals surface area (Å²) in [6.07, 6.45) is 6.37. The van der Waals surface area contributed by atoms with Gasteiger partial charge in [0.2, 0.25) is 5.91 Å². The largest absolute Gasteiger partial charge is 0.361 e. The summed E-state index contributed by atoms with van der Waals surface area (Å²) in [4.78, 5) is 29.9. The zero-order valence-corrected chi connectivity index (χ0v) is 16.6. The summed E-state index contributed by atoms with van der Waals surface area (Å²) in [5.41, 5.74) is 4.05. The smallest absolute Gasteiger partial charge is 0.253 e. The van der Waals surface area contributed by atoms with Crippen molar-refractivity contribution in [3.63, 3.8) is 0 Å². The molecule has 4 rings (SSSR count). The highest BCUT2D eigenvalue weighted by Crippen LogP contribution is 2.19. The van der Waals surface area contributed by atoms with Gasteiger partial charge in [-0.15, -0.1) is 0 Å². The van der Waals surface area contributed by atoms with Crippen molar-refractivity contribution in [1.82, 2.24) is 15.2 Å². The number of benzene rings is 2. The van der Waals surface area contributed by atoms with Crippen molar-refractivity contribution < 1.29 is 9.59 Å². The van der Waals surface area contributed by atoms with E-state index in [2.05, 4.69) is 22.4 Å². The van der Waals surface area contributed by atoms with E-state index in [1.807, 2.05) is 47.5 Å². The Kier molecular flexibility index (Phi) is 5.94. The van der Waals surface area contributed by atoms with Gasteiger partial charge in [0.1, 0.15) is 0 Å². The number of para-hydroxylation sites is 1. The van der Waals surface area contributed by atoms with Crippen LogP contribution in [-0.4, -0.2) is 34.8 Å². The number of aromatic amines is 1. The number of likely N-dealkylation sites (tertiary alicyclic amines) is 1. The van der Waals surface area contributed by atoms with Crippen LogP contribution in [0.5, 0.6) is 0 Å². The molecule has 1 saturated heterocycles. The van der Waals surface area contributed by atoms with Crippen molar-refractivity contribution in [1.29, 1.82) is 0 Å². The fourth-order valence-corrected chi connectivity index (χ4v) is 3.98. The molecule has 0 aliphatic carbocycles. The third-order valence-corrected chi connectivity index (χ3v) is 5.58. The zero-order chi connectivity index (χ0) is 20.1. The van der Waals surface area contributed by atoms with E-state index in [-0.39, 0.29) is 11.8 Å². The van der Waals surface area contributed by atoms with Crippen molar-refractivity contribution in [2.45, 2.75) is 38.6 Å². The second-order valence-electron chi connectivity index (χ2n) is 7.69. The molecule has 0 bridgehead atoms. The molecule has 0 unspecified atom stereocenters. The first kappa shape index (κ1) is 19.2. The number of aryl methyl sites for hydroxylation is 1. The maximum Gasteiger partial charge on any atom is 0.253 e. The first-order valence-corrected chi connectivity index (χ1v) is 10.4. The van der Waals surface area contributed by atoms with Gasteiger partial charge in [-0.2, -0.15) is 0 Å². The van der Waals surface area contributed by atoms with Gasteiger partial charge in [-0.25, -0.2) is 0 Å². The van der Waals surface area contributed by atoms with Gasteiger partial charge in [-0.05, 0) is 55.0 Å². The summed E-state index contributed by atoms with van der Waals surface area (Å²) < 4.78 is 0. The molecule has 29 heavy (non-hydrogen) atoms. The van der Waals surface area contributed by atoms with E-state index >= 15 is 0 Å². The predicted octanol–water partition coefficient (Wildman–Crippen LogP) is 4.04. The van der Waals surface area contributed by atoms with Gasteiger partial charge in [-0.3, -0.25) is 9.59 Å². The zero-order valence-electron chi connectivity index (χ0n) is 16.6. The number of rotatable bonds is 7. The predicted molar refractivity (Wildman–Crippen MR) is 115 cm³/mol. The van der Waals surface area contributed by atoms with E-state index in [4.69, 9.17) is 0 Å². The lowest BCUT2D eigenvalue weighted by molar-refractivity contribution is -0.121. The second kappa shape index (κ2) is 8.95. The van der Waals surface area contributed by atoms with E-state index in [0.29, 0.717) is 18.5 Å². The Morgan fingerprint density at radius 2 is 1.86 bits per heavy atom. The second-order valence-corrected chi connectivity index (χ2v) is 7.69.